The van der Waals surface area contributed by atoms with Crippen LogP contribution in [0.25, 0.3) is 0 Å². The molecule has 2 amide bonds. The van der Waals surface area contributed by atoms with E-state index < -0.39 is 0 Å². The monoisotopic (exact) mass is 930 g/mol. The largest absolute Gasteiger partial charge is 0.496 e. The second-order valence-corrected chi connectivity index (χ2v) is 16.2. The minimum absolute atomic E-state index is 0.139. The van der Waals surface area contributed by atoms with Gasteiger partial charge in [-0.2, -0.15) is 0 Å². The Morgan fingerprint density at radius 2 is 1.02 bits per heavy atom. The number of hydrogen-bond donors (Lipinski definition) is 4. The lowest BCUT2D eigenvalue weighted by Gasteiger charge is -2.38. The third kappa shape index (κ3) is 14.5. The molecule has 0 unspecified atom stereocenters. The molecule has 2 fully saturated rings. The number of hydrogen-bond acceptors (Lipinski definition) is 12. The molecule has 6 N–H and O–H groups in total. The van der Waals surface area contributed by atoms with Crippen molar-refractivity contribution in [3.63, 3.8) is 0 Å². The van der Waals surface area contributed by atoms with Gasteiger partial charge in [-0.15, -0.1) is 0 Å². The van der Waals surface area contributed by atoms with E-state index >= 15 is 0 Å². The molecule has 2 aliphatic heterocycles. The summed E-state index contributed by atoms with van der Waals surface area (Å²) in [6.45, 7) is 5.78. The van der Waals surface area contributed by atoms with E-state index in [-0.39, 0.29) is 47.7 Å². The van der Waals surface area contributed by atoms with Gasteiger partial charge >= 0.3 is 0 Å². The van der Waals surface area contributed by atoms with E-state index in [0.29, 0.717) is 81.8 Å². The zero-order valence-electron chi connectivity index (χ0n) is 36.5. The van der Waals surface area contributed by atoms with E-state index in [9.17, 15) is 18.4 Å². The number of ether oxygens (including phenoxy) is 6. The lowest BCUT2D eigenvalue weighted by Crippen LogP contribution is -2.55. The number of likely N-dealkylation sites (tertiary alicyclic amines) is 2. The molecule has 4 atom stereocenters. The molecule has 348 valence electrons. The maximum absolute atomic E-state index is 12.9. The first kappa shape index (κ1) is 49.9. The van der Waals surface area contributed by atoms with Crippen LogP contribution in [0.15, 0.2) is 72.8 Å². The number of piperidine rings is 2. The van der Waals surface area contributed by atoms with Crippen molar-refractivity contribution < 1.29 is 46.8 Å². The van der Waals surface area contributed by atoms with Gasteiger partial charge in [-0.3, -0.25) is 9.59 Å². The van der Waals surface area contributed by atoms with Crippen LogP contribution in [0.2, 0.25) is 10.0 Å². The number of carbonyl (C=O) groups is 2. The van der Waals surface area contributed by atoms with Gasteiger partial charge in [0.25, 0.3) is 11.8 Å². The van der Waals surface area contributed by atoms with Crippen LogP contribution < -0.4 is 41.0 Å². The van der Waals surface area contributed by atoms with Crippen molar-refractivity contribution in [3.05, 3.63) is 106 Å². The summed E-state index contributed by atoms with van der Waals surface area (Å²) in [5, 5.41) is 6.70. The number of carbonyl (C=O) groups excluding carboxylic acids is 2. The quantitative estimate of drug-likeness (QED) is 0.0615. The van der Waals surface area contributed by atoms with Crippen molar-refractivity contribution in [1.82, 2.24) is 20.4 Å². The van der Waals surface area contributed by atoms with Crippen LogP contribution in [-0.4, -0.2) is 127 Å². The first-order chi connectivity index (χ1) is 30.8. The van der Waals surface area contributed by atoms with Crippen LogP contribution in [0.1, 0.15) is 46.4 Å². The van der Waals surface area contributed by atoms with E-state index in [1.165, 1.54) is 50.6 Å². The molecule has 4 aromatic rings. The Kier molecular flexibility index (Phi) is 19.4. The van der Waals surface area contributed by atoms with Crippen LogP contribution in [0, 0.1) is 11.6 Å². The molecular weight excluding hydrogens is 873 g/mol. The normalized spacial score (nSPS) is 18.9. The highest BCUT2D eigenvalue weighted by Crippen LogP contribution is 2.31. The summed E-state index contributed by atoms with van der Waals surface area (Å²) in [4.78, 5) is 30.3. The Hall–Kier alpha value is -5.10. The van der Waals surface area contributed by atoms with Crippen LogP contribution in [-0.2, 0) is 9.47 Å². The van der Waals surface area contributed by atoms with Crippen molar-refractivity contribution in [2.24, 2.45) is 0 Å². The van der Waals surface area contributed by atoms with Crippen LogP contribution in [0.5, 0.6) is 23.0 Å². The molecule has 0 bridgehead atoms. The lowest BCUT2D eigenvalue weighted by molar-refractivity contribution is 0.00526. The van der Waals surface area contributed by atoms with E-state index in [4.69, 9.17) is 63.1 Å². The molecule has 64 heavy (non-hydrogen) atoms. The maximum Gasteiger partial charge on any atom is 0.255 e. The van der Waals surface area contributed by atoms with Gasteiger partial charge in [0, 0.05) is 65.6 Å². The van der Waals surface area contributed by atoms with Gasteiger partial charge in [0.15, 0.2) is 0 Å². The first-order valence-corrected chi connectivity index (χ1v) is 21.7. The first-order valence-electron chi connectivity index (χ1n) is 21.0. The van der Waals surface area contributed by atoms with E-state index in [0.717, 1.165) is 51.9 Å². The Morgan fingerprint density at radius 1 is 0.641 bits per heavy atom. The number of amides is 2. The highest BCUT2D eigenvalue weighted by atomic mass is 35.5. The van der Waals surface area contributed by atoms with Gasteiger partial charge in [-0.25, -0.2) is 8.78 Å². The summed E-state index contributed by atoms with van der Waals surface area (Å²) in [7, 11) is 6.25. The molecule has 6 rings (SSSR count). The Morgan fingerprint density at radius 3 is 1.36 bits per heavy atom. The van der Waals surface area contributed by atoms with Crippen molar-refractivity contribution in [3.8, 4) is 23.0 Å². The number of benzene rings is 4. The van der Waals surface area contributed by atoms with Crippen LogP contribution >= 0.6 is 23.2 Å². The molecule has 0 spiro atoms. The molecule has 0 aliphatic carbocycles. The third-order valence-corrected chi connectivity index (χ3v) is 11.7. The summed E-state index contributed by atoms with van der Waals surface area (Å²) in [5.41, 5.74) is 13.0. The molecule has 4 aromatic carbocycles. The van der Waals surface area contributed by atoms with Gasteiger partial charge in [0.05, 0.1) is 84.3 Å². The summed E-state index contributed by atoms with van der Waals surface area (Å²) >= 11 is 12.2. The minimum Gasteiger partial charge on any atom is -0.496 e. The SMILES string of the molecule is COc1cc(N)c(Cl)cc1C(=O)N[C@@H]1CCN(CCCOc2ccc(F)cc2)C[C@@H]1OC.COc1cc(N)c(Cl)cc1C(=O)N[C@H]1CCN(CCCOc2ccc(F)cc2)C[C@H]1OC. The van der Waals surface area contributed by atoms with Crippen molar-refractivity contribution >= 4 is 46.4 Å². The highest BCUT2D eigenvalue weighted by molar-refractivity contribution is 6.34. The molecule has 2 aliphatic rings. The molecule has 2 saturated heterocycles. The number of nitrogen functional groups attached to an aromatic ring is 2. The van der Waals surface area contributed by atoms with Crippen LogP contribution in [0.4, 0.5) is 20.2 Å². The fourth-order valence-electron chi connectivity index (χ4n) is 7.52. The Balaban J connectivity index is 0.000000241. The van der Waals surface area contributed by atoms with Gasteiger partial charge < -0.3 is 60.3 Å². The van der Waals surface area contributed by atoms with Crippen LogP contribution in [0.3, 0.4) is 0 Å². The summed E-state index contributed by atoms with van der Waals surface area (Å²) in [6.07, 6.45) is 2.84. The summed E-state index contributed by atoms with van der Waals surface area (Å²) in [6, 6.07) is 17.8. The highest BCUT2D eigenvalue weighted by Gasteiger charge is 2.33. The van der Waals surface area contributed by atoms with Crippen molar-refractivity contribution in [2.45, 2.75) is 50.0 Å². The zero-order chi connectivity index (χ0) is 46.2. The average Bonchev–Trinajstić information content (AvgIpc) is 3.30. The smallest absolute Gasteiger partial charge is 0.255 e. The molecule has 14 nitrogen and oxygen atoms in total. The fraction of sp³-hybridized carbons (Fsp3) is 0.435. The number of nitrogens with zero attached hydrogens (tertiary/aromatic N) is 2. The van der Waals surface area contributed by atoms with Crippen molar-refractivity contribution in [2.75, 3.05) is 92.4 Å². The van der Waals surface area contributed by atoms with E-state index in [1.54, 1.807) is 50.6 Å². The zero-order valence-corrected chi connectivity index (χ0v) is 38.1. The number of nitrogens with two attached hydrogens (primary N) is 2. The van der Waals surface area contributed by atoms with E-state index in [2.05, 4.69) is 20.4 Å². The Labute approximate surface area is 383 Å². The number of methoxy groups -OCH3 is 4. The Bertz CT molecular complexity index is 1970. The third-order valence-electron chi connectivity index (χ3n) is 11.1. The van der Waals surface area contributed by atoms with Gasteiger partial charge in [-0.1, -0.05) is 23.2 Å². The molecule has 0 radical (unpaired) electrons. The molecule has 0 aromatic heterocycles. The number of rotatable bonds is 18. The van der Waals surface area contributed by atoms with Gasteiger partial charge in [-0.05, 0) is 86.3 Å². The molecule has 18 heteroatoms. The maximum atomic E-state index is 12.9. The second kappa shape index (κ2) is 24.8. The fourth-order valence-corrected chi connectivity index (χ4v) is 7.84. The number of anilines is 2. The molecule has 2 heterocycles. The predicted octanol–water partition coefficient (Wildman–Crippen LogP) is 6.72. The number of nitrogens with one attached hydrogen (secondary N) is 2. The summed E-state index contributed by atoms with van der Waals surface area (Å²) in [5.74, 6) is 0.927. The predicted molar refractivity (Wildman–Crippen MR) is 244 cm³/mol. The lowest BCUT2D eigenvalue weighted by atomic mass is 10.0. The van der Waals surface area contributed by atoms with E-state index in [1.807, 2.05) is 0 Å². The van der Waals surface area contributed by atoms with Gasteiger partial charge in [0.1, 0.15) is 34.6 Å². The van der Waals surface area contributed by atoms with Crippen molar-refractivity contribution in [1.29, 1.82) is 0 Å². The molecular formula is C46H58Cl2F2N6O8. The standard InChI is InChI=1S/2C23H29ClFN3O4/c2*1-30-21-13-19(26)18(24)12-17(21)23(29)27-20-8-10-28(14-22(20)31-2)9-3-11-32-16-6-4-15(25)5-7-16/h2*4-7,12-13,20,22H,3,8-11,14,26H2,1-2H3,(H,27,29)/t2*20-,22+/m10/s1. The second-order valence-electron chi connectivity index (χ2n) is 15.3. The average molecular weight is 932 g/mol. The topological polar surface area (TPSA) is 172 Å². The minimum atomic E-state index is -0.282. The number of halogens is 4. The molecule has 0 saturated carbocycles. The van der Waals surface area contributed by atoms with Gasteiger partial charge in [0.2, 0.25) is 0 Å². The summed E-state index contributed by atoms with van der Waals surface area (Å²) < 4.78 is 59.1.